The smallest absolute Gasteiger partial charge is 0.419 e. The highest BCUT2D eigenvalue weighted by Gasteiger charge is 2.31. The average molecular weight is 557 g/mol. The van der Waals surface area contributed by atoms with Crippen molar-refractivity contribution >= 4 is 37.9 Å². The van der Waals surface area contributed by atoms with E-state index in [1.54, 1.807) is 63.2 Å². The first-order valence-electron chi connectivity index (χ1n) is 12.6. The molecule has 5 rings (SSSR count). The number of rotatable bonds is 6. The van der Waals surface area contributed by atoms with Gasteiger partial charge < -0.3 is 14.0 Å². The lowest BCUT2D eigenvalue weighted by molar-refractivity contribution is 0.0544. The number of aryl methyl sites for hydroxylation is 1. The van der Waals surface area contributed by atoms with E-state index in [2.05, 4.69) is 10.1 Å². The maximum absolute atomic E-state index is 13.7. The van der Waals surface area contributed by atoms with Gasteiger partial charge in [0.25, 0.3) is 5.56 Å². The molecule has 0 saturated carbocycles. The average Bonchev–Trinajstić information content (AvgIpc) is 3.39. The molecular weight excluding hydrogens is 524 g/mol. The van der Waals surface area contributed by atoms with Crippen LogP contribution in [0.5, 0.6) is 0 Å². The van der Waals surface area contributed by atoms with Crippen LogP contribution in [0, 0.1) is 0 Å². The number of nitrogens with zero attached hydrogens (tertiary/aromatic N) is 6. The Hall–Kier alpha value is -3.55. The van der Waals surface area contributed by atoms with Gasteiger partial charge in [0.2, 0.25) is 10.0 Å². The Morgan fingerprint density at radius 1 is 1.18 bits per heavy atom. The summed E-state index contributed by atoms with van der Waals surface area (Å²) in [4.78, 5) is 30.7. The zero-order valence-corrected chi connectivity index (χ0v) is 23.5. The number of hydrogen-bond donors (Lipinski definition) is 0. The van der Waals surface area contributed by atoms with Gasteiger partial charge in [0.15, 0.2) is 0 Å². The Kier molecular flexibility index (Phi) is 6.85. The van der Waals surface area contributed by atoms with E-state index in [1.807, 2.05) is 0 Å². The molecule has 0 aromatic carbocycles. The highest BCUT2D eigenvalue weighted by atomic mass is 32.2. The van der Waals surface area contributed by atoms with Gasteiger partial charge >= 0.3 is 6.09 Å². The number of carbonyl (C=O) groups is 1. The van der Waals surface area contributed by atoms with E-state index in [-0.39, 0.29) is 31.0 Å². The minimum Gasteiger partial charge on any atom is -0.443 e. The number of pyridine rings is 1. The summed E-state index contributed by atoms with van der Waals surface area (Å²) in [5, 5.41) is 5.94. The Morgan fingerprint density at radius 3 is 2.67 bits per heavy atom. The van der Waals surface area contributed by atoms with Crippen molar-refractivity contribution in [3.05, 3.63) is 58.0 Å². The molecule has 0 saturated heterocycles. The monoisotopic (exact) mass is 556 g/mol. The molecule has 0 bridgehead atoms. The molecule has 1 aliphatic rings. The minimum atomic E-state index is -3.49. The summed E-state index contributed by atoms with van der Waals surface area (Å²) in [6.07, 6.45) is 6.47. The highest BCUT2D eigenvalue weighted by molar-refractivity contribution is 7.89. The molecule has 0 aliphatic carbocycles. The largest absolute Gasteiger partial charge is 0.443 e. The topological polar surface area (TPSA) is 131 Å². The van der Waals surface area contributed by atoms with Crippen LogP contribution in [-0.4, -0.2) is 74.3 Å². The zero-order chi connectivity index (χ0) is 28.1. The molecule has 12 nitrogen and oxygen atoms in total. The van der Waals surface area contributed by atoms with E-state index in [9.17, 15) is 18.0 Å². The first-order valence-corrected chi connectivity index (χ1v) is 14.2. The predicted molar refractivity (Wildman–Crippen MR) is 145 cm³/mol. The number of methoxy groups -OCH3 is 1. The number of carbonyl (C=O) groups excluding carboxylic acids is 1. The van der Waals surface area contributed by atoms with Crippen LogP contribution in [0.1, 0.15) is 37.6 Å². The van der Waals surface area contributed by atoms with Gasteiger partial charge in [0.05, 0.1) is 43.4 Å². The molecule has 0 amide bonds. The van der Waals surface area contributed by atoms with Gasteiger partial charge in [-0.15, -0.1) is 0 Å². The quantitative estimate of drug-likeness (QED) is 0.354. The fourth-order valence-corrected chi connectivity index (χ4v) is 6.37. The SMILES string of the molecule is COCCS(=O)(=O)N1CCc2c(n(C)c3c(=O)n(Cc4cn(C(=O)OC(C)(C)C)c5cnccc45)ncc23)C1. The third-order valence-corrected chi connectivity index (χ3v) is 8.69. The fourth-order valence-electron chi connectivity index (χ4n) is 5.04. The van der Waals surface area contributed by atoms with Crippen LogP contribution in [0.3, 0.4) is 0 Å². The molecular formula is C26H32N6O6S. The second kappa shape index (κ2) is 9.88. The van der Waals surface area contributed by atoms with Gasteiger partial charge in [-0.3, -0.25) is 14.3 Å². The standard InChI is InChI=1S/C26H32N6O6S/c1-26(2,3)38-25(34)31-14-17(18-6-8-27-13-21(18)31)15-32-24(33)23-20(12-28-32)19-7-9-30(16-22(19)29(23)4)39(35,36)11-10-37-5/h6,8,12-14H,7,9-11,15-16H2,1-5H3. The molecule has 4 aromatic rings. The maximum Gasteiger partial charge on any atom is 0.419 e. The predicted octanol–water partition coefficient (Wildman–Crippen LogP) is 2.25. The number of hydrogen-bond acceptors (Lipinski definition) is 8. The molecule has 4 aromatic heterocycles. The van der Waals surface area contributed by atoms with Crippen LogP contribution in [0.15, 0.2) is 35.6 Å². The van der Waals surface area contributed by atoms with Crippen LogP contribution >= 0.6 is 0 Å². The molecule has 0 radical (unpaired) electrons. The second-order valence-corrected chi connectivity index (χ2v) is 12.7. The molecule has 0 fully saturated rings. The van der Waals surface area contributed by atoms with E-state index < -0.39 is 21.7 Å². The van der Waals surface area contributed by atoms with Gasteiger partial charge in [0.1, 0.15) is 11.1 Å². The van der Waals surface area contributed by atoms with Crippen molar-refractivity contribution in [1.82, 2.24) is 28.2 Å². The summed E-state index contributed by atoms with van der Waals surface area (Å²) in [5.74, 6) is -0.0937. The maximum atomic E-state index is 13.7. The second-order valence-electron chi connectivity index (χ2n) is 10.6. The van der Waals surface area contributed by atoms with E-state index in [0.29, 0.717) is 29.6 Å². The molecule has 0 atom stereocenters. The molecule has 39 heavy (non-hydrogen) atoms. The normalized spacial score (nSPS) is 14.7. The molecule has 0 unspecified atom stereocenters. The van der Waals surface area contributed by atoms with E-state index >= 15 is 0 Å². The van der Waals surface area contributed by atoms with E-state index in [0.717, 1.165) is 22.0 Å². The molecule has 208 valence electrons. The first-order chi connectivity index (χ1) is 18.4. The number of sulfonamides is 1. The lowest BCUT2D eigenvalue weighted by Crippen LogP contribution is -2.38. The lowest BCUT2D eigenvalue weighted by Gasteiger charge is -2.27. The van der Waals surface area contributed by atoms with Crippen molar-refractivity contribution in [2.75, 3.05) is 26.0 Å². The van der Waals surface area contributed by atoms with Gasteiger partial charge in [0, 0.05) is 49.6 Å². The molecule has 5 heterocycles. The summed E-state index contributed by atoms with van der Waals surface area (Å²) >= 11 is 0. The number of aromatic nitrogens is 5. The van der Waals surface area contributed by atoms with Crippen LogP contribution in [0.2, 0.25) is 0 Å². The van der Waals surface area contributed by atoms with Crippen molar-refractivity contribution in [3.8, 4) is 0 Å². The van der Waals surface area contributed by atoms with Crippen molar-refractivity contribution in [2.45, 2.75) is 45.9 Å². The summed E-state index contributed by atoms with van der Waals surface area (Å²) in [6, 6.07) is 1.79. The molecule has 0 spiro atoms. The fraction of sp³-hybridized carbons (Fsp3) is 0.462. The number of fused-ring (bicyclic) bond motifs is 4. The Balaban J connectivity index is 1.52. The van der Waals surface area contributed by atoms with Gasteiger partial charge in [-0.25, -0.2) is 17.9 Å². The summed E-state index contributed by atoms with van der Waals surface area (Å²) < 4.78 is 42.0. The molecule has 13 heteroatoms. The Bertz CT molecular complexity index is 1740. The van der Waals surface area contributed by atoms with Crippen LogP contribution in [0.25, 0.3) is 21.8 Å². The number of ether oxygens (including phenoxy) is 2. The van der Waals surface area contributed by atoms with E-state index in [1.165, 1.54) is 20.7 Å². The third-order valence-electron chi connectivity index (χ3n) is 6.91. The van der Waals surface area contributed by atoms with Gasteiger partial charge in [-0.2, -0.15) is 9.40 Å². The van der Waals surface area contributed by atoms with Crippen LogP contribution < -0.4 is 5.56 Å². The Morgan fingerprint density at radius 2 is 1.95 bits per heavy atom. The minimum absolute atomic E-state index is 0.0937. The van der Waals surface area contributed by atoms with Crippen LogP contribution in [-0.2, 0) is 46.1 Å². The Labute approximate surface area is 225 Å². The summed E-state index contributed by atoms with van der Waals surface area (Å²) in [5.41, 5.74) is 2.48. The zero-order valence-electron chi connectivity index (χ0n) is 22.7. The first kappa shape index (κ1) is 27.0. The van der Waals surface area contributed by atoms with Crippen molar-refractivity contribution in [3.63, 3.8) is 0 Å². The molecule has 0 N–H and O–H groups in total. The third kappa shape index (κ3) is 4.97. The summed E-state index contributed by atoms with van der Waals surface area (Å²) in [6.45, 7) is 6.14. The van der Waals surface area contributed by atoms with Crippen molar-refractivity contribution in [1.29, 1.82) is 0 Å². The van der Waals surface area contributed by atoms with Crippen molar-refractivity contribution in [2.24, 2.45) is 7.05 Å². The highest BCUT2D eigenvalue weighted by Crippen LogP contribution is 2.29. The summed E-state index contributed by atoms with van der Waals surface area (Å²) in [7, 11) is -0.241. The van der Waals surface area contributed by atoms with Gasteiger partial charge in [-0.1, -0.05) is 0 Å². The van der Waals surface area contributed by atoms with Crippen LogP contribution in [0.4, 0.5) is 4.79 Å². The molecule has 1 aliphatic heterocycles. The lowest BCUT2D eigenvalue weighted by atomic mass is 10.1. The van der Waals surface area contributed by atoms with E-state index in [4.69, 9.17) is 9.47 Å². The van der Waals surface area contributed by atoms with Gasteiger partial charge in [-0.05, 0) is 44.4 Å². The van der Waals surface area contributed by atoms with Crippen molar-refractivity contribution < 1.29 is 22.7 Å².